The maximum atomic E-state index is 6.13. The lowest BCUT2D eigenvalue weighted by atomic mass is 10.1. The molecule has 1 N–H and O–H groups in total. The van der Waals surface area contributed by atoms with Crippen molar-refractivity contribution in [2.45, 2.75) is 25.6 Å². The van der Waals surface area contributed by atoms with E-state index in [1.165, 1.54) is 0 Å². The summed E-state index contributed by atoms with van der Waals surface area (Å²) >= 11 is 6.13. The number of aryl methyl sites for hydroxylation is 1. The van der Waals surface area contributed by atoms with Crippen LogP contribution in [-0.4, -0.2) is 16.7 Å². The molecule has 0 fully saturated rings. The maximum Gasteiger partial charge on any atom is 0.131 e. The van der Waals surface area contributed by atoms with Gasteiger partial charge < -0.3 is 14.6 Å². The van der Waals surface area contributed by atoms with Crippen molar-refractivity contribution in [2.24, 2.45) is 0 Å². The Morgan fingerprint density at radius 3 is 3.26 bits per heavy atom. The minimum Gasteiger partial charge on any atom is -0.380 e. The molecule has 2 aromatic rings. The van der Waals surface area contributed by atoms with E-state index in [4.69, 9.17) is 16.3 Å². The molecule has 4 nitrogen and oxygen atoms in total. The van der Waals surface area contributed by atoms with Gasteiger partial charge in [0, 0.05) is 36.8 Å². The number of imidazole rings is 1. The fraction of sp³-hybridized carbons (Fsp3) is 0.357. The van der Waals surface area contributed by atoms with Crippen LogP contribution in [0.25, 0.3) is 0 Å². The zero-order chi connectivity index (χ0) is 13.2. The summed E-state index contributed by atoms with van der Waals surface area (Å²) < 4.78 is 7.33. The van der Waals surface area contributed by atoms with Gasteiger partial charge in [0.1, 0.15) is 5.82 Å². The van der Waals surface area contributed by atoms with Crippen LogP contribution in [0.3, 0.4) is 0 Å². The first kappa shape index (κ1) is 12.5. The highest BCUT2D eigenvalue weighted by Gasteiger charge is 2.23. The van der Waals surface area contributed by atoms with Crippen molar-refractivity contribution in [3.8, 4) is 0 Å². The summed E-state index contributed by atoms with van der Waals surface area (Å²) in [5.41, 5.74) is 2.05. The fourth-order valence-corrected chi connectivity index (χ4v) is 2.66. The van der Waals surface area contributed by atoms with Crippen molar-refractivity contribution >= 4 is 17.3 Å². The first-order valence-electron chi connectivity index (χ1n) is 6.33. The summed E-state index contributed by atoms with van der Waals surface area (Å²) in [6.45, 7) is 1.54. The molecule has 5 heteroatoms. The predicted octanol–water partition coefficient (Wildman–Crippen LogP) is 3.24. The van der Waals surface area contributed by atoms with Crippen LogP contribution in [0.4, 0.5) is 5.69 Å². The number of methoxy groups -OCH3 is 1. The molecule has 0 aliphatic carbocycles. The van der Waals surface area contributed by atoms with Crippen LogP contribution in [0.5, 0.6) is 0 Å². The average Bonchev–Trinajstić information content (AvgIpc) is 2.99. The highest BCUT2D eigenvalue weighted by molar-refractivity contribution is 6.31. The van der Waals surface area contributed by atoms with E-state index in [0.29, 0.717) is 6.61 Å². The van der Waals surface area contributed by atoms with Crippen molar-refractivity contribution < 1.29 is 4.74 Å². The number of anilines is 1. The molecule has 19 heavy (non-hydrogen) atoms. The molecule has 0 saturated heterocycles. The van der Waals surface area contributed by atoms with Crippen LogP contribution in [0.1, 0.15) is 23.9 Å². The summed E-state index contributed by atoms with van der Waals surface area (Å²) in [7, 11) is 1.67. The largest absolute Gasteiger partial charge is 0.380 e. The Labute approximate surface area is 117 Å². The third-order valence-corrected chi connectivity index (χ3v) is 3.77. The average molecular weight is 278 g/mol. The van der Waals surface area contributed by atoms with Gasteiger partial charge in [0.2, 0.25) is 0 Å². The van der Waals surface area contributed by atoms with Gasteiger partial charge in [-0.05, 0) is 30.2 Å². The molecule has 0 radical (unpaired) electrons. The highest BCUT2D eigenvalue weighted by Crippen LogP contribution is 2.29. The Morgan fingerprint density at radius 1 is 1.53 bits per heavy atom. The second-order valence-electron chi connectivity index (χ2n) is 4.70. The number of rotatable bonds is 4. The van der Waals surface area contributed by atoms with Gasteiger partial charge in [-0.3, -0.25) is 0 Å². The second kappa shape index (κ2) is 5.23. The molecule has 0 saturated carbocycles. The van der Waals surface area contributed by atoms with Crippen molar-refractivity contribution in [3.05, 3.63) is 47.0 Å². The van der Waals surface area contributed by atoms with Crippen molar-refractivity contribution in [2.75, 3.05) is 12.4 Å². The minimum absolute atomic E-state index is 0.270. The first-order valence-corrected chi connectivity index (χ1v) is 6.70. The van der Waals surface area contributed by atoms with E-state index in [2.05, 4.69) is 14.9 Å². The van der Waals surface area contributed by atoms with Crippen molar-refractivity contribution in [1.82, 2.24) is 9.55 Å². The quantitative estimate of drug-likeness (QED) is 0.932. The molecule has 3 rings (SSSR count). The molecule has 100 valence electrons. The van der Waals surface area contributed by atoms with E-state index >= 15 is 0 Å². The number of fused-ring (bicyclic) bond motifs is 1. The van der Waals surface area contributed by atoms with Gasteiger partial charge in [0.15, 0.2) is 0 Å². The third kappa shape index (κ3) is 2.46. The molecule has 0 spiro atoms. The lowest BCUT2D eigenvalue weighted by Crippen LogP contribution is -2.08. The molecule has 1 aliphatic heterocycles. The minimum atomic E-state index is 0.270. The highest BCUT2D eigenvalue weighted by atomic mass is 35.5. The van der Waals surface area contributed by atoms with Crippen LogP contribution in [0.15, 0.2) is 30.6 Å². The Hall–Kier alpha value is -1.52. The Bertz CT molecular complexity index is 582. The zero-order valence-corrected chi connectivity index (χ0v) is 11.5. The van der Waals surface area contributed by atoms with Crippen molar-refractivity contribution in [3.63, 3.8) is 0 Å². The summed E-state index contributed by atoms with van der Waals surface area (Å²) in [6, 6.07) is 6.20. The topological polar surface area (TPSA) is 39.1 Å². The van der Waals surface area contributed by atoms with Crippen LogP contribution in [0.2, 0.25) is 5.02 Å². The summed E-state index contributed by atoms with van der Waals surface area (Å²) in [5, 5.41) is 4.25. The smallest absolute Gasteiger partial charge is 0.131 e. The maximum absolute atomic E-state index is 6.13. The number of nitrogens with zero attached hydrogens (tertiary/aromatic N) is 2. The van der Waals surface area contributed by atoms with Crippen LogP contribution >= 0.6 is 11.6 Å². The van der Waals surface area contributed by atoms with Gasteiger partial charge in [0.25, 0.3) is 0 Å². The Morgan fingerprint density at radius 2 is 2.42 bits per heavy atom. The molecular weight excluding hydrogens is 262 g/mol. The van der Waals surface area contributed by atoms with E-state index in [9.17, 15) is 0 Å². The SMILES string of the molecule is COCc1cc(NC2CCn3ccnc32)ccc1Cl. The van der Waals surface area contributed by atoms with E-state index in [1.54, 1.807) is 7.11 Å². The van der Waals surface area contributed by atoms with Gasteiger partial charge in [-0.25, -0.2) is 4.98 Å². The first-order chi connectivity index (χ1) is 9.28. The lowest BCUT2D eigenvalue weighted by molar-refractivity contribution is 0.185. The van der Waals surface area contributed by atoms with Gasteiger partial charge in [-0.15, -0.1) is 0 Å². The number of hydrogen-bond donors (Lipinski definition) is 1. The van der Waals surface area contributed by atoms with Crippen molar-refractivity contribution in [1.29, 1.82) is 0 Å². The van der Waals surface area contributed by atoms with E-state index < -0.39 is 0 Å². The molecule has 1 atom stereocenters. The monoisotopic (exact) mass is 277 g/mol. The predicted molar refractivity (Wildman–Crippen MR) is 75.4 cm³/mol. The van der Waals surface area contributed by atoms with Gasteiger partial charge in [-0.2, -0.15) is 0 Å². The fourth-order valence-electron chi connectivity index (χ4n) is 2.49. The normalized spacial score (nSPS) is 17.5. The summed E-state index contributed by atoms with van der Waals surface area (Å²) in [6.07, 6.45) is 4.93. The van der Waals surface area contributed by atoms with Crippen LogP contribution in [0, 0.1) is 0 Å². The van der Waals surface area contributed by atoms with E-state index in [-0.39, 0.29) is 6.04 Å². The molecule has 0 amide bonds. The summed E-state index contributed by atoms with van der Waals surface area (Å²) in [4.78, 5) is 4.40. The molecule has 1 aromatic heterocycles. The van der Waals surface area contributed by atoms with Crippen LogP contribution in [-0.2, 0) is 17.9 Å². The molecule has 1 aliphatic rings. The zero-order valence-electron chi connectivity index (χ0n) is 10.8. The molecular formula is C14H16ClN3O. The number of halogens is 1. The third-order valence-electron chi connectivity index (χ3n) is 3.40. The number of aromatic nitrogens is 2. The molecule has 1 aromatic carbocycles. The second-order valence-corrected chi connectivity index (χ2v) is 5.11. The number of ether oxygens (including phenoxy) is 1. The Balaban J connectivity index is 1.79. The van der Waals surface area contributed by atoms with Gasteiger partial charge >= 0.3 is 0 Å². The summed E-state index contributed by atoms with van der Waals surface area (Å²) in [5.74, 6) is 1.10. The van der Waals surface area contributed by atoms with Gasteiger partial charge in [-0.1, -0.05) is 11.6 Å². The van der Waals surface area contributed by atoms with Crippen LogP contribution < -0.4 is 5.32 Å². The molecule has 1 unspecified atom stereocenters. The Kier molecular flexibility index (Phi) is 3.44. The number of nitrogens with one attached hydrogen (secondary N) is 1. The number of hydrogen-bond acceptors (Lipinski definition) is 3. The molecule has 0 bridgehead atoms. The van der Waals surface area contributed by atoms with E-state index in [0.717, 1.165) is 35.1 Å². The number of benzene rings is 1. The van der Waals surface area contributed by atoms with E-state index in [1.807, 2.05) is 30.6 Å². The lowest BCUT2D eigenvalue weighted by Gasteiger charge is -2.14. The standard InChI is InChI=1S/C14H16ClN3O/c1-19-9-10-8-11(2-3-12(10)15)17-13-4-6-18-7-5-16-14(13)18/h2-3,5,7-8,13,17H,4,6,9H2,1H3. The van der Waals surface area contributed by atoms with Gasteiger partial charge in [0.05, 0.1) is 12.6 Å². The molecule has 2 heterocycles.